The van der Waals surface area contributed by atoms with Gasteiger partial charge in [0.25, 0.3) is 0 Å². The van der Waals surface area contributed by atoms with E-state index in [2.05, 4.69) is 6.58 Å². The predicted molar refractivity (Wildman–Crippen MR) is 49.0 cm³/mol. The van der Waals surface area contributed by atoms with Crippen LogP contribution in [0.5, 0.6) is 5.75 Å². The summed E-state index contributed by atoms with van der Waals surface area (Å²) < 4.78 is 0. The average molecular weight is 178 g/mol. The fourth-order valence-corrected chi connectivity index (χ4v) is 1.16. The van der Waals surface area contributed by atoms with Gasteiger partial charge in [0.05, 0.1) is 0 Å². The predicted octanol–water partition coefficient (Wildman–Crippen LogP) is 1.82. The second-order valence-electron chi connectivity index (χ2n) is 2.61. The first-order valence-corrected chi connectivity index (χ1v) is 3.82. The molecule has 2 N–H and O–H groups in total. The standard InChI is InChI=1S/C10H10O3/c1-2-4-7-5-3-6-8(11)9(7)10(12)13/h2-3,5-6,11H,1,4H2,(H,12,13). The molecule has 13 heavy (non-hydrogen) atoms. The van der Waals surface area contributed by atoms with Crippen molar-refractivity contribution in [1.82, 2.24) is 0 Å². The molecule has 0 heterocycles. The highest BCUT2D eigenvalue weighted by Crippen LogP contribution is 2.21. The van der Waals surface area contributed by atoms with Gasteiger partial charge in [-0.3, -0.25) is 0 Å². The number of hydrogen-bond acceptors (Lipinski definition) is 2. The third-order valence-electron chi connectivity index (χ3n) is 1.71. The number of phenols is 1. The third-order valence-corrected chi connectivity index (χ3v) is 1.71. The van der Waals surface area contributed by atoms with Gasteiger partial charge in [0.1, 0.15) is 11.3 Å². The van der Waals surface area contributed by atoms with Crippen molar-refractivity contribution >= 4 is 5.97 Å². The number of carboxylic acid groups (broad SMARTS) is 1. The van der Waals surface area contributed by atoms with Crippen molar-refractivity contribution in [2.45, 2.75) is 6.42 Å². The van der Waals surface area contributed by atoms with Crippen LogP contribution in [0.15, 0.2) is 30.9 Å². The van der Waals surface area contributed by atoms with Crippen LogP contribution < -0.4 is 0 Å². The van der Waals surface area contributed by atoms with Crippen molar-refractivity contribution < 1.29 is 15.0 Å². The number of aromatic carboxylic acids is 1. The Labute approximate surface area is 76.0 Å². The van der Waals surface area contributed by atoms with E-state index >= 15 is 0 Å². The van der Waals surface area contributed by atoms with Gasteiger partial charge < -0.3 is 10.2 Å². The zero-order chi connectivity index (χ0) is 9.84. The number of hydrogen-bond donors (Lipinski definition) is 2. The fraction of sp³-hybridized carbons (Fsp3) is 0.100. The molecular weight excluding hydrogens is 168 g/mol. The summed E-state index contributed by atoms with van der Waals surface area (Å²) in [6.07, 6.45) is 2.04. The Morgan fingerprint density at radius 1 is 1.54 bits per heavy atom. The Morgan fingerprint density at radius 3 is 2.77 bits per heavy atom. The zero-order valence-corrected chi connectivity index (χ0v) is 7.03. The van der Waals surface area contributed by atoms with Crippen LogP contribution in [0.1, 0.15) is 15.9 Å². The van der Waals surface area contributed by atoms with Gasteiger partial charge in [-0.2, -0.15) is 0 Å². The van der Waals surface area contributed by atoms with E-state index < -0.39 is 5.97 Å². The maximum Gasteiger partial charge on any atom is 0.339 e. The highest BCUT2D eigenvalue weighted by molar-refractivity contribution is 5.92. The molecule has 1 rings (SSSR count). The van der Waals surface area contributed by atoms with Crippen LogP contribution >= 0.6 is 0 Å². The third kappa shape index (κ3) is 1.87. The molecular formula is C10H10O3. The minimum Gasteiger partial charge on any atom is -0.507 e. The SMILES string of the molecule is C=CCc1cccc(O)c1C(=O)O. The Bertz CT molecular complexity index is 342. The smallest absolute Gasteiger partial charge is 0.339 e. The van der Waals surface area contributed by atoms with Gasteiger partial charge in [-0.1, -0.05) is 18.2 Å². The van der Waals surface area contributed by atoms with Crippen LogP contribution in [0, 0.1) is 0 Å². The minimum atomic E-state index is -1.12. The van der Waals surface area contributed by atoms with Crippen molar-refractivity contribution in [3.05, 3.63) is 42.0 Å². The number of carboxylic acids is 1. The number of allylic oxidation sites excluding steroid dienone is 1. The number of carbonyl (C=O) groups is 1. The van der Waals surface area contributed by atoms with Gasteiger partial charge >= 0.3 is 5.97 Å². The van der Waals surface area contributed by atoms with E-state index in [1.165, 1.54) is 6.07 Å². The van der Waals surface area contributed by atoms with Crippen LogP contribution in [0.4, 0.5) is 0 Å². The second kappa shape index (κ2) is 3.76. The first-order valence-electron chi connectivity index (χ1n) is 3.82. The zero-order valence-electron chi connectivity index (χ0n) is 7.03. The van der Waals surface area contributed by atoms with Gasteiger partial charge in [0.15, 0.2) is 0 Å². The number of rotatable bonds is 3. The van der Waals surface area contributed by atoms with Crippen LogP contribution in [0.2, 0.25) is 0 Å². The summed E-state index contributed by atoms with van der Waals surface area (Å²) >= 11 is 0. The molecule has 0 spiro atoms. The topological polar surface area (TPSA) is 57.5 Å². The summed E-state index contributed by atoms with van der Waals surface area (Å²) in [5, 5.41) is 18.1. The van der Waals surface area contributed by atoms with E-state index in [0.717, 1.165) is 0 Å². The summed E-state index contributed by atoms with van der Waals surface area (Å²) in [5.41, 5.74) is 0.532. The largest absolute Gasteiger partial charge is 0.507 e. The van der Waals surface area contributed by atoms with E-state index in [1.807, 2.05) is 0 Å². The molecule has 3 heteroatoms. The van der Waals surface area contributed by atoms with Gasteiger partial charge in [0.2, 0.25) is 0 Å². The Balaban J connectivity index is 3.25. The first kappa shape index (κ1) is 9.32. The second-order valence-corrected chi connectivity index (χ2v) is 2.61. The van der Waals surface area contributed by atoms with Gasteiger partial charge in [-0.05, 0) is 18.1 Å². The molecule has 0 unspecified atom stereocenters. The molecule has 68 valence electrons. The molecule has 0 fully saturated rings. The Kier molecular flexibility index (Phi) is 2.69. The van der Waals surface area contributed by atoms with Gasteiger partial charge in [0, 0.05) is 0 Å². The molecule has 0 bridgehead atoms. The molecule has 0 saturated heterocycles. The molecule has 0 radical (unpaired) electrons. The van der Waals surface area contributed by atoms with E-state index in [0.29, 0.717) is 12.0 Å². The first-order chi connectivity index (χ1) is 6.16. The minimum absolute atomic E-state index is 0.0394. The molecule has 0 atom stereocenters. The lowest BCUT2D eigenvalue weighted by atomic mass is 10.0. The highest BCUT2D eigenvalue weighted by Gasteiger charge is 2.13. The summed E-state index contributed by atoms with van der Waals surface area (Å²) in [6, 6.07) is 4.63. The van der Waals surface area contributed by atoms with E-state index in [9.17, 15) is 9.90 Å². The van der Waals surface area contributed by atoms with Gasteiger partial charge in [-0.25, -0.2) is 4.79 Å². The maximum atomic E-state index is 10.7. The van der Waals surface area contributed by atoms with Crippen molar-refractivity contribution in [3.63, 3.8) is 0 Å². The number of benzene rings is 1. The van der Waals surface area contributed by atoms with Crippen molar-refractivity contribution in [2.75, 3.05) is 0 Å². The van der Waals surface area contributed by atoms with E-state index in [4.69, 9.17) is 5.11 Å². The van der Waals surface area contributed by atoms with Crippen molar-refractivity contribution in [2.24, 2.45) is 0 Å². The van der Waals surface area contributed by atoms with Crippen LogP contribution in [0.25, 0.3) is 0 Å². The molecule has 0 aromatic heterocycles. The van der Waals surface area contributed by atoms with E-state index in [1.54, 1.807) is 18.2 Å². The molecule has 0 aliphatic rings. The highest BCUT2D eigenvalue weighted by atomic mass is 16.4. The average Bonchev–Trinajstić information content (AvgIpc) is 2.04. The molecule has 0 aliphatic carbocycles. The molecule has 0 amide bonds. The summed E-state index contributed by atoms with van der Waals surface area (Å²) in [5.74, 6) is -1.32. The maximum absolute atomic E-state index is 10.7. The Hall–Kier alpha value is -1.77. The molecule has 1 aromatic rings. The lowest BCUT2D eigenvalue weighted by molar-refractivity contribution is 0.0692. The Morgan fingerprint density at radius 2 is 2.23 bits per heavy atom. The summed E-state index contributed by atoms with van der Waals surface area (Å²) in [7, 11) is 0. The van der Waals surface area contributed by atoms with Gasteiger partial charge in [-0.15, -0.1) is 6.58 Å². The monoisotopic (exact) mass is 178 g/mol. The van der Waals surface area contributed by atoms with E-state index in [-0.39, 0.29) is 11.3 Å². The molecule has 3 nitrogen and oxygen atoms in total. The number of aromatic hydroxyl groups is 1. The molecule has 0 saturated carbocycles. The van der Waals surface area contributed by atoms with Crippen molar-refractivity contribution in [1.29, 1.82) is 0 Å². The summed E-state index contributed by atoms with van der Waals surface area (Å²) in [4.78, 5) is 10.7. The molecule has 1 aromatic carbocycles. The van der Waals surface area contributed by atoms with Crippen LogP contribution in [0.3, 0.4) is 0 Å². The summed E-state index contributed by atoms with van der Waals surface area (Å²) in [6.45, 7) is 3.51. The lowest BCUT2D eigenvalue weighted by Gasteiger charge is -2.04. The normalized spacial score (nSPS) is 9.54. The van der Waals surface area contributed by atoms with Crippen LogP contribution in [-0.4, -0.2) is 16.2 Å². The molecule has 0 aliphatic heterocycles. The van der Waals surface area contributed by atoms with Crippen LogP contribution in [-0.2, 0) is 6.42 Å². The fourth-order valence-electron chi connectivity index (χ4n) is 1.16. The quantitative estimate of drug-likeness (QED) is 0.694. The lowest BCUT2D eigenvalue weighted by Crippen LogP contribution is -2.01. The van der Waals surface area contributed by atoms with Crippen molar-refractivity contribution in [3.8, 4) is 5.75 Å².